The molecule has 0 unspecified atom stereocenters. The lowest BCUT2D eigenvalue weighted by Gasteiger charge is -2.10. The van der Waals surface area contributed by atoms with Gasteiger partial charge < -0.3 is 9.73 Å². The van der Waals surface area contributed by atoms with E-state index in [1.165, 1.54) is 0 Å². The molecule has 1 amide bonds. The third-order valence-corrected chi connectivity index (χ3v) is 2.90. The van der Waals surface area contributed by atoms with Gasteiger partial charge in [-0.05, 0) is 36.8 Å². The van der Waals surface area contributed by atoms with Gasteiger partial charge in [0.2, 0.25) is 5.91 Å². The molecule has 0 fully saturated rings. The summed E-state index contributed by atoms with van der Waals surface area (Å²) in [4.78, 5) is 11.6. The second-order valence-corrected chi connectivity index (χ2v) is 4.87. The van der Waals surface area contributed by atoms with Gasteiger partial charge in [0.05, 0.1) is 19.0 Å². The molecular formula is C13H17N5O2S. The first-order valence-corrected chi connectivity index (χ1v) is 6.88. The number of hydrogen-bond donors (Lipinski definition) is 3. The molecule has 0 bridgehead atoms. The second-order valence-electron chi connectivity index (χ2n) is 4.47. The predicted molar refractivity (Wildman–Crippen MR) is 81.0 cm³/mol. The minimum atomic E-state index is -0.162. The quantitative estimate of drug-likeness (QED) is 0.561. The maximum absolute atomic E-state index is 11.6. The molecule has 2 aromatic heterocycles. The number of carbonyl (C=O) groups excluding carboxylic acids is 1. The summed E-state index contributed by atoms with van der Waals surface area (Å²) in [5.41, 5.74) is 6.23. The molecule has 0 saturated heterocycles. The van der Waals surface area contributed by atoms with Crippen molar-refractivity contribution in [3.8, 4) is 0 Å². The molecule has 0 radical (unpaired) electrons. The summed E-state index contributed by atoms with van der Waals surface area (Å²) in [6.45, 7) is 2.93. The van der Waals surface area contributed by atoms with Crippen molar-refractivity contribution in [1.29, 1.82) is 0 Å². The van der Waals surface area contributed by atoms with Crippen LogP contribution in [0.5, 0.6) is 0 Å². The summed E-state index contributed by atoms with van der Waals surface area (Å²) in [5.74, 6) is 0.602. The molecule has 0 aliphatic carbocycles. The Morgan fingerprint density at radius 1 is 1.48 bits per heavy atom. The van der Waals surface area contributed by atoms with Gasteiger partial charge in [-0.2, -0.15) is 5.10 Å². The van der Waals surface area contributed by atoms with Crippen LogP contribution in [0.3, 0.4) is 0 Å². The molecule has 8 heteroatoms. The summed E-state index contributed by atoms with van der Waals surface area (Å²) in [6.07, 6.45) is 5.54. The topological polar surface area (TPSA) is 84.1 Å². The third kappa shape index (κ3) is 5.27. The zero-order valence-corrected chi connectivity index (χ0v) is 12.4. The van der Waals surface area contributed by atoms with Crippen LogP contribution in [0.15, 0.2) is 35.2 Å². The van der Waals surface area contributed by atoms with E-state index in [1.54, 1.807) is 23.2 Å². The molecule has 0 saturated carbocycles. The zero-order valence-electron chi connectivity index (χ0n) is 11.6. The van der Waals surface area contributed by atoms with Crippen LogP contribution in [0.25, 0.3) is 0 Å². The number of aryl methyl sites for hydroxylation is 2. The number of carbonyl (C=O) groups is 1. The highest BCUT2D eigenvalue weighted by Gasteiger charge is 2.04. The van der Waals surface area contributed by atoms with Crippen LogP contribution in [0, 0.1) is 6.92 Å². The molecule has 0 aromatic carbocycles. The van der Waals surface area contributed by atoms with E-state index in [-0.39, 0.29) is 5.91 Å². The van der Waals surface area contributed by atoms with E-state index < -0.39 is 0 Å². The maximum Gasteiger partial charge on any atom is 0.240 e. The monoisotopic (exact) mass is 307 g/mol. The number of furan rings is 1. The predicted octanol–water partition coefficient (Wildman–Crippen LogP) is 0.870. The average molecular weight is 307 g/mol. The SMILES string of the molecule is Cc1cnn(CCC(=O)NNC(=S)NCc2ccco2)c1. The number of rotatable bonds is 5. The minimum absolute atomic E-state index is 0.162. The van der Waals surface area contributed by atoms with Gasteiger partial charge in [0.1, 0.15) is 5.76 Å². The number of hydrazine groups is 1. The summed E-state index contributed by atoms with van der Waals surface area (Å²) in [6, 6.07) is 3.63. The Kier molecular flexibility index (Phi) is 5.33. The minimum Gasteiger partial charge on any atom is -0.467 e. The van der Waals surface area contributed by atoms with Gasteiger partial charge in [-0.3, -0.25) is 20.3 Å². The molecule has 3 N–H and O–H groups in total. The second kappa shape index (κ2) is 7.44. The average Bonchev–Trinajstić information content (AvgIpc) is 3.12. The molecule has 0 aliphatic rings. The number of amides is 1. The van der Waals surface area contributed by atoms with E-state index in [9.17, 15) is 4.79 Å². The fraction of sp³-hybridized carbons (Fsp3) is 0.308. The number of thiocarbonyl (C=S) groups is 1. The maximum atomic E-state index is 11.6. The van der Waals surface area contributed by atoms with E-state index in [0.717, 1.165) is 11.3 Å². The van der Waals surface area contributed by atoms with E-state index in [2.05, 4.69) is 21.3 Å². The van der Waals surface area contributed by atoms with E-state index >= 15 is 0 Å². The van der Waals surface area contributed by atoms with Gasteiger partial charge in [0.15, 0.2) is 5.11 Å². The van der Waals surface area contributed by atoms with E-state index in [1.807, 2.05) is 19.2 Å². The smallest absolute Gasteiger partial charge is 0.240 e. The van der Waals surface area contributed by atoms with Crippen LogP contribution >= 0.6 is 12.2 Å². The Hall–Kier alpha value is -2.35. The third-order valence-electron chi connectivity index (χ3n) is 2.65. The van der Waals surface area contributed by atoms with Crippen LogP contribution in [-0.2, 0) is 17.9 Å². The molecule has 2 rings (SSSR count). The summed E-state index contributed by atoms with van der Waals surface area (Å²) in [7, 11) is 0. The van der Waals surface area contributed by atoms with Crippen molar-refractivity contribution < 1.29 is 9.21 Å². The molecule has 112 valence electrons. The van der Waals surface area contributed by atoms with Crippen LogP contribution in [0.4, 0.5) is 0 Å². The highest BCUT2D eigenvalue weighted by Crippen LogP contribution is 1.98. The van der Waals surface area contributed by atoms with Gasteiger partial charge >= 0.3 is 0 Å². The molecule has 0 aliphatic heterocycles. The molecular weight excluding hydrogens is 290 g/mol. The van der Waals surface area contributed by atoms with Crippen molar-refractivity contribution in [2.45, 2.75) is 26.4 Å². The number of nitrogens with one attached hydrogen (secondary N) is 3. The van der Waals surface area contributed by atoms with Gasteiger partial charge in [0.25, 0.3) is 0 Å². The summed E-state index contributed by atoms with van der Waals surface area (Å²) >= 11 is 5.03. The number of nitrogens with zero attached hydrogens (tertiary/aromatic N) is 2. The first kappa shape index (κ1) is 15.0. The fourth-order valence-corrected chi connectivity index (χ4v) is 1.74. The molecule has 0 atom stereocenters. The highest BCUT2D eigenvalue weighted by molar-refractivity contribution is 7.80. The van der Waals surface area contributed by atoms with Crippen molar-refractivity contribution in [1.82, 2.24) is 25.9 Å². The first-order chi connectivity index (χ1) is 10.1. The van der Waals surface area contributed by atoms with Crippen molar-refractivity contribution >= 4 is 23.2 Å². The van der Waals surface area contributed by atoms with Crippen LogP contribution < -0.4 is 16.2 Å². The Labute approximate surface area is 127 Å². The normalized spacial score (nSPS) is 10.1. The number of hydrogen-bond acceptors (Lipinski definition) is 4. The van der Waals surface area contributed by atoms with E-state index in [4.69, 9.17) is 16.6 Å². The molecule has 2 aromatic rings. The number of aromatic nitrogens is 2. The van der Waals surface area contributed by atoms with Crippen molar-refractivity contribution in [3.63, 3.8) is 0 Å². The highest BCUT2D eigenvalue weighted by atomic mass is 32.1. The molecule has 21 heavy (non-hydrogen) atoms. The Morgan fingerprint density at radius 3 is 3.00 bits per heavy atom. The standard InChI is InChI=1S/C13H17N5O2S/c1-10-7-15-18(9-10)5-4-12(19)16-17-13(21)14-8-11-3-2-6-20-11/h2-3,6-7,9H,4-5,8H2,1H3,(H,16,19)(H2,14,17,21). The molecule has 2 heterocycles. The van der Waals surface area contributed by atoms with Gasteiger partial charge in [-0.25, -0.2) is 0 Å². The lowest BCUT2D eigenvalue weighted by molar-refractivity contribution is -0.121. The first-order valence-electron chi connectivity index (χ1n) is 6.47. The summed E-state index contributed by atoms with van der Waals surface area (Å²) in [5, 5.41) is 7.35. The molecule has 0 spiro atoms. The largest absolute Gasteiger partial charge is 0.467 e. The Bertz CT molecular complexity index is 593. The van der Waals surface area contributed by atoms with Gasteiger partial charge in [-0.1, -0.05) is 0 Å². The van der Waals surface area contributed by atoms with Crippen molar-refractivity contribution in [2.24, 2.45) is 0 Å². The van der Waals surface area contributed by atoms with Crippen molar-refractivity contribution in [3.05, 3.63) is 42.1 Å². The lowest BCUT2D eigenvalue weighted by atomic mass is 10.4. The Balaban J connectivity index is 1.60. The van der Waals surface area contributed by atoms with Crippen molar-refractivity contribution in [2.75, 3.05) is 0 Å². The van der Waals surface area contributed by atoms with Gasteiger partial charge in [-0.15, -0.1) is 0 Å². The van der Waals surface area contributed by atoms with Crippen LogP contribution in [-0.4, -0.2) is 20.8 Å². The fourth-order valence-electron chi connectivity index (χ4n) is 1.62. The Morgan fingerprint density at radius 2 is 2.33 bits per heavy atom. The van der Waals surface area contributed by atoms with Crippen LogP contribution in [0.2, 0.25) is 0 Å². The molecule has 7 nitrogen and oxygen atoms in total. The summed E-state index contributed by atoms with van der Waals surface area (Å²) < 4.78 is 6.88. The zero-order chi connectivity index (χ0) is 15.1. The lowest BCUT2D eigenvalue weighted by Crippen LogP contribution is -2.46. The van der Waals surface area contributed by atoms with Crippen LogP contribution in [0.1, 0.15) is 17.7 Å². The van der Waals surface area contributed by atoms with E-state index in [0.29, 0.717) is 24.6 Å². The van der Waals surface area contributed by atoms with Gasteiger partial charge in [0, 0.05) is 19.2 Å².